The highest BCUT2D eigenvalue weighted by Crippen LogP contribution is 2.28. The van der Waals surface area contributed by atoms with Gasteiger partial charge >= 0.3 is 0 Å². The largest absolute Gasteiger partial charge is 0.252 e. The number of nitrogens with zero attached hydrogens (tertiary/aromatic N) is 5. The molecule has 2 aromatic heterocycles. The first-order valence-electron chi connectivity index (χ1n) is 7.77. The van der Waals surface area contributed by atoms with E-state index in [1.165, 1.54) is 0 Å². The van der Waals surface area contributed by atoms with Crippen molar-refractivity contribution in [1.29, 1.82) is 0 Å². The van der Waals surface area contributed by atoms with Crippen molar-refractivity contribution in [2.24, 2.45) is 0 Å². The molecular formula is C18H14BrN5S. The number of fused-ring (bicyclic) bond motifs is 1. The lowest BCUT2D eigenvalue weighted by Crippen LogP contribution is -2.01. The Hall–Kier alpha value is -2.25. The van der Waals surface area contributed by atoms with E-state index in [1.54, 1.807) is 24.4 Å². The Balaban J connectivity index is 1.67. The zero-order chi connectivity index (χ0) is 17.1. The van der Waals surface area contributed by atoms with Crippen LogP contribution >= 0.6 is 27.7 Å². The number of rotatable bonds is 5. The Labute approximate surface area is 157 Å². The molecule has 0 radical (unpaired) electrons. The molecule has 0 unspecified atom stereocenters. The second-order valence-electron chi connectivity index (χ2n) is 5.38. The van der Waals surface area contributed by atoms with Gasteiger partial charge in [-0.15, -0.1) is 11.8 Å². The van der Waals surface area contributed by atoms with Crippen molar-refractivity contribution in [1.82, 2.24) is 24.7 Å². The van der Waals surface area contributed by atoms with Gasteiger partial charge in [-0.25, -0.2) is 15.0 Å². The molecule has 4 aromatic rings. The van der Waals surface area contributed by atoms with Gasteiger partial charge in [0.05, 0.1) is 12.1 Å². The number of hydrogen-bond donors (Lipinski definition) is 0. The Morgan fingerprint density at radius 2 is 1.84 bits per heavy atom. The van der Waals surface area contributed by atoms with Gasteiger partial charge in [-0.05, 0) is 18.2 Å². The topological polar surface area (TPSA) is 56.5 Å². The van der Waals surface area contributed by atoms with E-state index in [4.69, 9.17) is 9.97 Å². The normalized spacial score (nSPS) is 11.1. The van der Waals surface area contributed by atoms with Gasteiger partial charge in [0.15, 0.2) is 5.82 Å². The van der Waals surface area contributed by atoms with E-state index in [0.29, 0.717) is 0 Å². The highest BCUT2D eigenvalue weighted by atomic mass is 79.9. The van der Waals surface area contributed by atoms with E-state index >= 15 is 0 Å². The number of aryl methyl sites for hydroxylation is 1. The SMILES string of the molecule is Brc1ccc(-c2nc(SCCn3cncn3)c3ccccc3n2)cc1. The third kappa shape index (κ3) is 3.72. The second kappa shape index (κ2) is 7.33. The van der Waals surface area contributed by atoms with Crippen molar-refractivity contribution >= 4 is 38.6 Å². The molecule has 0 N–H and O–H groups in total. The standard InChI is InChI=1S/C18H14BrN5S/c19-14-7-5-13(6-8-14)17-22-16-4-2-1-3-15(16)18(23-17)25-10-9-24-12-20-11-21-24/h1-8,11-12H,9-10H2. The van der Waals surface area contributed by atoms with Crippen LogP contribution in [0.5, 0.6) is 0 Å². The zero-order valence-electron chi connectivity index (χ0n) is 13.2. The quantitative estimate of drug-likeness (QED) is 0.358. The minimum absolute atomic E-state index is 0.745. The van der Waals surface area contributed by atoms with Crippen molar-refractivity contribution in [3.63, 3.8) is 0 Å². The lowest BCUT2D eigenvalue weighted by atomic mass is 10.2. The van der Waals surface area contributed by atoms with E-state index in [9.17, 15) is 0 Å². The molecule has 0 fully saturated rings. The van der Waals surface area contributed by atoms with Gasteiger partial charge in [-0.3, -0.25) is 4.68 Å². The van der Waals surface area contributed by atoms with E-state index in [-0.39, 0.29) is 0 Å². The lowest BCUT2D eigenvalue weighted by Gasteiger charge is -2.09. The van der Waals surface area contributed by atoms with Crippen LogP contribution in [0, 0.1) is 0 Å². The summed E-state index contributed by atoms with van der Waals surface area (Å²) in [5, 5.41) is 6.20. The summed E-state index contributed by atoms with van der Waals surface area (Å²) in [5.74, 6) is 1.61. The van der Waals surface area contributed by atoms with E-state index in [1.807, 2.05) is 47.1 Å². The van der Waals surface area contributed by atoms with Crippen molar-refractivity contribution < 1.29 is 0 Å². The summed E-state index contributed by atoms with van der Waals surface area (Å²) in [5.41, 5.74) is 1.96. The molecule has 0 aliphatic rings. The van der Waals surface area contributed by atoms with E-state index in [0.717, 1.165) is 44.1 Å². The smallest absolute Gasteiger partial charge is 0.161 e. The van der Waals surface area contributed by atoms with Crippen LogP contribution in [-0.2, 0) is 6.54 Å². The van der Waals surface area contributed by atoms with E-state index < -0.39 is 0 Å². The molecule has 2 aromatic carbocycles. The summed E-state index contributed by atoms with van der Waals surface area (Å²) in [4.78, 5) is 13.5. The average Bonchev–Trinajstić information content (AvgIpc) is 3.15. The molecule has 0 spiro atoms. The van der Waals surface area contributed by atoms with Crippen molar-refractivity contribution in [2.45, 2.75) is 11.6 Å². The maximum Gasteiger partial charge on any atom is 0.161 e. The van der Waals surface area contributed by atoms with Crippen molar-refractivity contribution in [2.75, 3.05) is 5.75 Å². The number of aromatic nitrogens is 5. The summed E-state index contributed by atoms with van der Waals surface area (Å²) in [6, 6.07) is 16.2. The predicted octanol–water partition coefficient (Wildman–Crippen LogP) is 4.44. The van der Waals surface area contributed by atoms with Crippen LogP contribution < -0.4 is 0 Å². The van der Waals surface area contributed by atoms with Crippen molar-refractivity contribution in [3.8, 4) is 11.4 Å². The Morgan fingerprint density at radius 3 is 2.64 bits per heavy atom. The Morgan fingerprint density at radius 1 is 1.00 bits per heavy atom. The van der Waals surface area contributed by atoms with Crippen LogP contribution in [0.25, 0.3) is 22.3 Å². The number of benzene rings is 2. The van der Waals surface area contributed by atoms with Gasteiger partial charge in [0, 0.05) is 21.2 Å². The summed E-state index contributed by atoms with van der Waals surface area (Å²) < 4.78 is 2.87. The van der Waals surface area contributed by atoms with Gasteiger partial charge in [-0.1, -0.05) is 46.3 Å². The van der Waals surface area contributed by atoms with Crippen LogP contribution in [0.2, 0.25) is 0 Å². The molecule has 0 saturated carbocycles. The van der Waals surface area contributed by atoms with Crippen LogP contribution in [0.15, 0.2) is 70.7 Å². The van der Waals surface area contributed by atoms with E-state index in [2.05, 4.69) is 32.1 Å². The Bertz CT molecular complexity index is 986. The fourth-order valence-electron chi connectivity index (χ4n) is 2.47. The monoisotopic (exact) mass is 411 g/mol. The maximum absolute atomic E-state index is 4.81. The molecule has 0 bridgehead atoms. The highest BCUT2D eigenvalue weighted by Gasteiger charge is 2.10. The summed E-state index contributed by atoms with van der Waals surface area (Å²) in [6.45, 7) is 0.788. The summed E-state index contributed by atoms with van der Waals surface area (Å²) in [6.07, 6.45) is 3.28. The zero-order valence-corrected chi connectivity index (χ0v) is 15.6. The summed E-state index contributed by atoms with van der Waals surface area (Å²) >= 11 is 5.18. The van der Waals surface area contributed by atoms with Crippen LogP contribution in [0.4, 0.5) is 0 Å². The van der Waals surface area contributed by atoms with Gasteiger partial charge in [0.25, 0.3) is 0 Å². The number of halogens is 1. The molecule has 0 amide bonds. The molecule has 5 nitrogen and oxygen atoms in total. The molecule has 0 aliphatic heterocycles. The third-order valence-corrected chi connectivity index (χ3v) is 5.20. The third-order valence-electron chi connectivity index (χ3n) is 3.70. The predicted molar refractivity (Wildman–Crippen MR) is 103 cm³/mol. The molecule has 0 saturated heterocycles. The lowest BCUT2D eigenvalue weighted by molar-refractivity contribution is 0.664. The van der Waals surface area contributed by atoms with Crippen LogP contribution in [-0.4, -0.2) is 30.5 Å². The maximum atomic E-state index is 4.81. The Kier molecular flexibility index (Phi) is 4.76. The highest BCUT2D eigenvalue weighted by molar-refractivity contribution is 9.10. The molecule has 0 atom stereocenters. The first-order chi connectivity index (χ1) is 12.3. The molecule has 0 aliphatic carbocycles. The molecule has 25 heavy (non-hydrogen) atoms. The molecule has 4 rings (SSSR count). The number of thioether (sulfide) groups is 1. The fourth-order valence-corrected chi connectivity index (χ4v) is 3.68. The molecule has 124 valence electrons. The molecule has 2 heterocycles. The first-order valence-corrected chi connectivity index (χ1v) is 9.55. The van der Waals surface area contributed by atoms with Crippen molar-refractivity contribution in [3.05, 3.63) is 65.7 Å². The fraction of sp³-hybridized carbons (Fsp3) is 0.111. The second-order valence-corrected chi connectivity index (χ2v) is 7.38. The summed E-state index contributed by atoms with van der Waals surface area (Å²) in [7, 11) is 0. The minimum Gasteiger partial charge on any atom is -0.252 e. The molecular weight excluding hydrogens is 398 g/mol. The number of hydrogen-bond acceptors (Lipinski definition) is 5. The minimum atomic E-state index is 0.745. The van der Waals surface area contributed by atoms with Crippen LogP contribution in [0.3, 0.4) is 0 Å². The van der Waals surface area contributed by atoms with Gasteiger partial charge in [0.1, 0.15) is 17.7 Å². The number of para-hydroxylation sites is 1. The van der Waals surface area contributed by atoms with Gasteiger partial charge in [0.2, 0.25) is 0 Å². The van der Waals surface area contributed by atoms with Gasteiger partial charge < -0.3 is 0 Å². The van der Waals surface area contributed by atoms with Gasteiger partial charge in [-0.2, -0.15) is 5.10 Å². The molecule has 7 heteroatoms. The first kappa shape index (κ1) is 16.2. The van der Waals surface area contributed by atoms with Crippen LogP contribution in [0.1, 0.15) is 0 Å². The average molecular weight is 412 g/mol.